The van der Waals surface area contributed by atoms with Crippen molar-refractivity contribution in [2.24, 2.45) is 0 Å². The van der Waals surface area contributed by atoms with Crippen LogP contribution in [0.5, 0.6) is 0 Å². The molecule has 0 aliphatic rings. The van der Waals surface area contributed by atoms with Crippen molar-refractivity contribution in [3.63, 3.8) is 0 Å². The molecule has 2 nitrogen and oxygen atoms in total. The summed E-state index contributed by atoms with van der Waals surface area (Å²) in [6.07, 6.45) is 0.445. The molecule has 2 aromatic carbocycles. The van der Waals surface area contributed by atoms with Crippen LogP contribution in [0.25, 0.3) is 0 Å². The van der Waals surface area contributed by atoms with Gasteiger partial charge >= 0.3 is 0 Å². The van der Waals surface area contributed by atoms with E-state index < -0.39 is 0 Å². The van der Waals surface area contributed by atoms with Gasteiger partial charge in [0.05, 0.1) is 12.5 Å². The van der Waals surface area contributed by atoms with Crippen LogP contribution in [0.2, 0.25) is 5.02 Å². The Bertz CT molecular complexity index is 584. The molecular weight excluding hydrogens is 256 g/mol. The van der Waals surface area contributed by atoms with Crippen molar-refractivity contribution >= 4 is 17.3 Å². The molecule has 96 valence electrons. The highest BCUT2D eigenvalue weighted by Crippen LogP contribution is 2.25. The van der Waals surface area contributed by atoms with Crippen molar-refractivity contribution < 1.29 is 0 Å². The van der Waals surface area contributed by atoms with E-state index in [2.05, 4.69) is 18.3 Å². The molecule has 1 atom stereocenters. The highest BCUT2D eigenvalue weighted by Gasteiger charge is 2.08. The van der Waals surface area contributed by atoms with Crippen LogP contribution in [-0.2, 0) is 6.42 Å². The van der Waals surface area contributed by atoms with Gasteiger partial charge in [-0.2, -0.15) is 5.26 Å². The Morgan fingerprint density at radius 2 is 1.84 bits per heavy atom. The van der Waals surface area contributed by atoms with E-state index >= 15 is 0 Å². The molecule has 0 fully saturated rings. The molecule has 1 N–H and O–H groups in total. The average Bonchev–Trinajstić information content (AvgIpc) is 2.42. The lowest BCUT2D eigenvalue weighted by Gasteiger charge is -2.17. The fraction of sp³-hybridized carbons (Fsp3) is 0.188. The monoisotopic (exact) mass is 270 g/mol. The number of nitrogens with one attached hydrogen (secondary N) is 1. The molecule has 3 heteroatoms. The minimum absolute atomic E-state index is 0.135. The number of halogens is 1. The van der Waals surface area contributed by atoms with Gasteiger partial charge in [0.25, 0.3) is 0 Å². The Hall–Kier alpha value is -1.98. The van der Waals surface area contributed by atoms with Crippen molar-refractivity contribution in [2.75, 3.05) is 5.32 Å². The van der Waals surface area contributed by atoms with Gasteiger partial charge in [-0.25, -0.2) is 0 Å². The van der Waals surface area contributed by atoms with E-state index in [0.29, 0.717) is 6.42 Å². The lowest BCUT2D eigenvalue weighted by Crippen LogP contribution is -2.07. The first-order chi connectivity index (χ1) is 9.20. The van der Waals surface area contributed by atoms with Gasteiger partial charge in [-0.1, -0.05) is 41.9 Å². The maximum absolute atomic E-state index is 8.63. The Morgan fingerprint density at radius 1 is 1.16 bits per heavy atom. The molecular formula is C16H15ClN2. The Labute approximate surface area is 118 Å². The number of hydrogen-bond acceptors (Lipinski definition) is 2. The van der Waals surface area contributed by atoms with E-state index in [1.165, 1.54) is 0 Å². The maximum atomic E-state index is 8.63. The zero-order valence-electron chi connectivity index (χ0n) is 10.7. The highest BCUT2D eigenvalue weighted by atomic mass is 35.5. The smallest absolute Gasteiger partial charge is 0.0669 e. The van der Waals surface area contributed by atoms with Crippen LogP contribution in [0.15, 0.2) is 48.5 Å². The molecule has 0 saturated heterocycles. The summed E-state index contributed by atoms with van der Waals surface area (Å²) in [7, 11) is 0. The van der Waals surface area contributed by atoms with E-state index in [4.69, 9.17) is 16.9 Å². The molecule has 0 radical (unpaired) electrons. The van der Waals surface area contributed by atoms with Crippen molar-refractivity contribution in [2.45, 2.75) is 19.4 Å². The number of nitriles is 1. The molecule has 1 unspecified atom stereocenters. The molecule has 0 heterocycles. The topological polar surface area (TPSA) is 35.8 Å². The number of benzene rings is 2. The molecule has 0 bridgehead atoms. The highest BCUT2D eigenvalue weighted by molar-refractivity contribution is 6.31. The number of anilines is 1. The van der Waals surface area contributed by atoms with E-state index in [1.807, 2.05) is 48.5 Å². The predicted octanol–water partition coefficient (Wildman–Crippen LogP) is 4.58. The molecule has 0 spiro atoms. The zero-order valence-corrected chi connectivity index (χ0v) is 11.5. The SMILES string of the molecule is CC(Nc1ccc(CC#N)cc1)c1ccccc1Cl. The van der Waals surface area contributed by atoms with Crippen molar-refractivity contribution in [3.05, 3.63) is 64.7 Å². The van der Waals surface area contributed by atoms with Crippen LogP contribution < -0.4 is 5.32 Å². The lowest BCUT2D eigenvalue weighted by molar-refractivity contribution is 0.885. The largest absolute Gasteiger partial charge is 0.378 e. The fourth-order valence-corrected chi connectivity index (χ4v) is 2.26. The van der Waals surface area contributed by atoms with Gasteiger partial charge in [0.1, 0.15) is 0 Å². The van der Waals surface area contributed by atoms with Crippen LogP contribution in [0.4, 0.5) is 5.69 Å². The molecule has 2 aromatic rings. The van der Waals surface area contributed by atoms with Crippen molar-refractivity contribution in [1.82, 2.24) is 0 Å². The van der Waals surface area contributed by atoms with E-state index in [9.17, 15) is 0 Å². The predicted molar refractivity (Wildman–Crippen MR) is 79.2 cm³/mol. The summed E-state index contributed by atoms with van der Waals surface area (Å²) in [5.74, 6) is 0. The second-order valence-electron chi connectivity index (χ2n) is 4.42. The summed E-state index contributed by atoms with van der Waals surface area (Å²) in [4.78, 5) is 0. The van der Waals surface area contributed by atoms with Gasteiger partial charge in [0.2, 0.25) is 0 Å². The summed E-state index contributed by atoms with van der Waals surface area (Å²) >= 11 is 6.18. The third-order valence-corrected chi connectivity index (χ3v) is 3.34. The zero-order chi connectivity index (χ0) is 13.7. The molecule has 0 aliphatic heterocycles. The standard InChI is InChI=1S/C16H15ClN2/c1-12(15-4-2-3-5-16(15)17)19-14-8-6-13(7-9-14)10-11-18/h2-9,12,19H,10H2,1H3. The summed E-state index contributed by atoms with van der Waals surface area (Å²) in [5, 5.41) is 12.8. The number of rotatable bonds is 4. The average molecular weight is 271 g/mol. The summed E-state index contributed by atoms with van der Waals surface area (Å²) in [6, 6.07) is 18.0. The van der Waals surface area contributed by atoms with E-state index in [1.54, 1.807) is 0 Å². The maximum Gasteiger partial charge on any atom is 0.0669 e. The molecule has 0 amide bonds. The van der Waals surface area contributed by atoms with Gasteiger partial charge in [0.15, 0.2) is 0 Å². The molecule has 2 rings (SSSR count). The van der Waals surface area contributed by atoms with Gasteiger partial charge in [-0.3, -0.25) is 0 Å². The first-order valence-electron chi connectivity index (χ1n) is 6.17. The first kappa shape index (κ1) is 13.5. The van der Waals surface area contributed by atoms with E-state index in [-0.39, 0.29) is 6.04 Å². The Balaban J connectivity index is 2.09. The molecule has 0 aromatic heterocycles. The van der Waals surface area contributed by atoms with Crippen LogP contribution in [0.1, 0.15) is 24.1 Å². The third kappa shape index (κ3) is 3.49. The normalized spacial score (nSPS) is 11.6. The third-order valence-electron chi connectivity index (χ3n) is 2.99. The number of hydrogen-bond donors (Lipinski definition) is 1. The van der Waals surface area contributed by atoms with Crippen LogP contribution >= 0.6 is 11.6 Å². The van der Waals surface area contributed by atoms with Gasteiger partial charge in [-0.15, -0.1) is 0 Å². The van der Waals surface area contributed by atoms with Crippen molar-refractivity contribution in [3.8, 4) is 6.07 Å². The summed E-state index contributed by atoms with van der Waals surface area (Å²) < 4.78 is 0. The van der Waals surface area contributed by atoms with Crippen LogP contribution in [0.3, 0.4) is 0 Å². The molecule has 19 heavy (non-hydrogen) atoms. The minimum Gasteiger partial charge on any atom is -0.378 e. The first-order valence-corrected chi connectivity index (χ1v) is 6.55. The quantitative estimate of drug-likeness (QED) is 0.883. The second-order valence-corrected chi connectivity index (χ2v) is 4.83. The van der Waals surface area contributed by atoms with Gasteiger partial charge in [0, 0.05) is 16.8 Å². The molecule has 0 saturated carbocycles. The summed E-state index contributed by atoms with van der Waals surface area (Å²) in [5.41, 5.74) is 3.12. The summed E-state index contributed by atoms with van der Waals surface area (Å²) in [6.45, 7) is 2.07. The number of nitrogens with zero attached hydrogens (tertiary/aromatic N) is 1. The lowest BCUT2D eigenvalue weighted by atomic mass is 10.1. The molecule has 0 aliphatic carbocycles. The fourth-order valence-electron chi connectivity index (χ4n) is 1.96. The van der Waals surface area contributed by atoms with E-state index in [0.717, 1.165) is 21.8 Å². The van der Waals surface area contributed by atoms with Gasteiger partial charge in [-0.05, 0) is 36.2 Å². The van der Waals surface area contributed by atoms with Crippen LogP contribution in [-0.4, -0.2) is 0 Å². The second kappa shape index (κ2) is 6.26. The Morgan fingerprint density at radius 3 is 2.47 bits per heavy atom. The minimum atomic E-state index is 0.135. The Kier molecular flexibility index (Phi) is 4.43. The van der Waals surface area contributed by atoms with Gasteiger partial charge < -0.3 is 5.32 Å². The van der Waals surface area contributed by atoms with Crippen molar-refractivity contribution in [1.29, 1.82) is 5.26 Å². The van der Waals surface area contributed by atoms with Crippen LogP contribution in [0, 0.1) is 11.3 Å².